The van der Waals surface area contributed by atoms with E-state index in [1.165, 1.54) is 7.11 Å². The first kappa shape index (κ1) is 19.8. The van der Waals surface area contributed by atoms with Gasteiger partial charge in [0.15, 0.2) is 0 Å². The second-order valence-corrected chi connectivity index (χ2v) is 4.30. The SMILES string of the molecule is COCCNC(=O)CCN(CCC(=O)NCCOC)OC. The number of hydrogen-bond acceptors (Lipinski definition) is 6. The second-order valence-electron chi connectivity index (χ2n) is 4.30. The third kappa shape index (κ3) is 12.2. The number of rotatable bonds is 13. The van der Waals surface area contributed by atoms with Crippen LogP contribution in [0.15, 0.2) is 0 Å². The molecule has 0 heterocycles. The van der Waals surface area contributed by atoms with Gasteiger partial charge in [0.2, 0.25) is 11.8 Å². The van der Waals surface area contributed by atoms with Crippen molar-refractivity contribution in [2.45, 2.75) is 12.8 Å². The normalized spacial score (nSPS) is 10.7. The zero-order valence-corrected chi connectivity index (χ0v) is 13.1. The van der Waals surface area contributed by atoms with E-state index in [-0.39, 0.29) is 11.8 Å². The van der Waals surface area contributed by atoms with Gasteiger partial charge in [-0.1, -0.05) is 0 Å². The van der Waals surface area contributed by atoms with E-state index in [4.69, 9.17) is 14.3 Å². The molecular weight excluding hydrogens is 278 g/mol. The van der Waals surface area contributed by atoms with Crippen LogP contribution in [0.1, 0.15) is 12.8 Å². The minimum absolute atomic E-state index is 0.0707. The van der Waals surface area contributed by atoms with Crippen LogP contribution in [-0.2, 0) is 23.9 Å². The summed E-state index contributed by atoms with van der Waals surface area (Å²) >= 11 is 0. The van der Waals surface area contributed by atoms with E-state index in [0.29, 0.717) is 52.2 Å². The van der Waals surface area contributed by atoms with E-state index in [0.717, 1.165) is 0 Å². The summed E-state index contributed by atoms with van der Waals surface area (Å²) in [6.45, 7) is 2.82. The number of hydroxylamine groups is 2. The van der Waals surface area contributed by atoms with Crippen molar-refractivity contribution in [3.8, 4) is 0 Å². The summed E-state index contributed by atoms with van der Waals surface area (Å²) in [5.41, 5.74) is 0. The number of carbonyl (C=O) groups is 2. The third-order valence-electron chi connectivity index (χ3n) is 2.69. The van der Waals surface area contributed by atoms with E-state index in [1.54, 1.807) is 19.3 Å². The van der Waals surface area contributed by atoms with Crippen molar-refractivity contribution in [2.24, 2.45) is 0 Å². The maximum atomic E-state index is 11.5. The molecule has 0 atom stereocenters. The topological polar surface area (TPSA) is 89.1 Å². The highest BCUT2D eigenvalue weighted by atomic mass is 16.7. The highest BCUT2D eigenvalue weighted by Gasteiger charge is 2.10. The average molecular weight is 305 g/mol. The average Bonchev–Trinajstić information content (AvgIpc) is 2.48. The summed E-state index contributed by atoms with van der Waals surface area (Å²) in [6, 6.07) is 0. The number of ether oxygens (including phenoxy) is 2. The fourth-order valence-electron chi connectivity index (χ4n) is 1.51. The van der Waals surface area contributed by atoms with Crippen molar-refractivity contribution >= 4 is 11.8 Å². The molecular formula is C13H27N3O5. The number of nitrogens with zero attached hydrogens (tertiary/aromatic N) is 1. The standard InChI is InChI=1S/C13H27N3O5/c1-19-10-6-14-12(17)4-8-16(21-3)9-5-13(18)15-7-11-20-2/h4-11H2,1-3H3,(H,14,17)(H,15,18). The van der Waals surface area contributed by atoms with Gasteiger partial charge in [-0.15, -0.1) is 0 Å². The molecule has 2 N–H and O–H groups in total. The van der Waals surface area contributed by atoms with Gasteiger partial charge >= 0.3 is 0 Å². The minimum Gasteiger partial charge on any atom is -0.383 e. The number of hydrogen-bond donors (Lipinski definition) is 2. The Morgan fingerprint density at radius 3 is 1.62 bits per heavy atom. The van der Waals surface area contributed by atoms with Crippen molar-refractivity contribution in [3.05, 3.63) is 0 Å². The summed E-state index contributed by atoms with van der Waals surface area (Å²) in [5, 5.41) is 7.03. The first-order valence-electron chi connectivity index (χ1n) is 6.94. The molecule has 8 heteroatoms. The van der Waals surface area contributed by atoms with E-state index in [1.807, 2.05) is 0 Å². The predicted molar refractivity (Wildman–Crippen MR) is 77.6 cm³/mol. The molecule has 8 nitrogen and oxygen atoms in total. The van der Waals surface area contributed by atoms with Gasteiger partial charge in [0, 0.05) is 53.2 Å². The van der Waals surface area contributed by atoms with E-state index in [2.05, 4.69) is 10.6 Å². The Balaban J connectivity index is 3.74. The Morgan fingerprint density at radius 2 is 1.29 bits per heavy atom. The lowest BCUT2D eigenvalue weighted by Crippen LogP contribution is -2.35. The zero-order valence-electron chi connectivity index (χ0n) is 13.1. The predicted octanol–water partition coefficient (Wildman–Crippen LogP) is -0.845. The number of nitrogens with one attached hydrogen (secondary N) is 2. The maximum absolute atomic E-state index is 11.5. The van der Waals surface area contributed by atoms with Gasteiger partial charge in [0.05, 0.1) is 20.3 Å². The first-order valence-corrected chi connectivity index (χ1v) is 6.94. The van der Waals surface area contributed by atoms with Crippen molar-refractivity contribution in [1.29, 1.82) is 0 Å². The summed E-state index contributed by atoms with van der Waals surface area (Å²) in [4.78, 5) is 28.1. The molecule has 124 valence electrons. The van der Waals surface area contributed by atoms with Crippen LogP contribution in [-0.4, -0.2) is 77.6 Å². The van der Waals surface area contributed by atoms with Gasteiger partial charge in [0.1, 0.15) is 0 Å². The molecule has 0 saturated carbocycles. The Hall–Kier alpha value is -1.22. The molecule has 0 aliphatic rings. The summed E-state index contributed by atoms with van der Waals surface area (Å²) < 4.78 is 9.68. The molecule has 0 unspecified atom stereocenters. The van der Waals surface area contributed by atoms with Gasteiger partial charge in [-0.25, -0.2) is 0 Å². The highest BCUT2D eigenvalue weighted by Crippen LogP contribution is 1.95. The van der Waals surface area contributed by atoms with Crippen LogP contribution in [0.3, 0.4) is 0 Å². The van der Waals surface area contributed by atoms with Crippen LogP contribution in [0.25, 0.3) is 0 Å². The van der Waals surface area contributed by atoms with Crippen LogP contribution < -0.4 is 10.6 Å². The molecule has 2 amide bonds. The van der Waals surface area contributed by atoms with Crippen molar-refractivity contribution < 1.29 is 23.9 Å². The second kappa shape index (κ2) is 13.7. The summed E-state index contributed by atoms with van der Waals surface area (Å²) in [6.07, 6.45) is 0.617. The molecule has 0 fully saturated rings. The van der Waals surface area contributed by atoms with Gasteiger partial charge in [-0.3, -0.25) is 9.59 Å². The molecule has 0 spiro atoms. The maximum Gasteiger partial charge on any atom is 0.221 e. The fraction of sp³-hybridized carbons (Fsp3) is 0.846. The molecule has 0 rings (SSSR count). The number of carbonyl (C=O) groups excluding carboxylic acids is 2. The van der Waals surface area contributed by atoms with Gasteiger partial charge in [-0.05, 0) is 0 Å². The Kier molecular flexibility index (Phi) is 13.0. The van der Waals surface area contributed by atoms with Crippen molar-refractivity contribution in [1.82, 2.24) is 15.7 Å². The van der Waals surface area contributed by atoms with Crippen LogP contribution in [0.2, 0.25) is 0 Å². The molecule has 0 aliphatic heterocycles. The Bertz CT molecular complexity index is 263. The largest absolute Gasteiger partial charge is 0.383 e. The van der Waals surface area contributed by atoms with E-state index in [9.17, 15) is 9.59 Å². The van der Waals surface area contributed by atoms with Gasteiger partial charge in [0.25, 0.3) is 0 Å². The van der Waals surface area contributed by atoms with Crippen LogP contribution in [0.5, 0.6) is 0 Å². The van der Waals surface area contributed by atoms with Crippen LogP contribution >= 0.6 is 0 Å². The molecule has 0 aromatic rings. The highest BCUT2D eigenvalue weighted by molar-refractivity contribution is 5.76. The van der Waals surface area contributed by atoms with Crippen molar-refractivity contribution in [3.63, 3.8) is 0 Å². The molecule has 0 saturated heterocycles. The van der Waals surface area contributed by atoms with Crippen molar-refractivity contribution in [2.75, 3.05) is 60.7 Å². The Morgan fingerprint density at radius 1 is 0.857 bits per heavy atom. The smallest absolute Gasteiger partial charge is 0.221 e. The monoisotopic (exact) mass is 305 g/mol. The summed E-state index contributed by atoms with van der Waals surface area (Å²) in [7, 11) is 4.68. The Labute approximate surface area is 126 Å². The molecule has 0 bridgehead atoms. The van der Waals surface area contributed by atoms with Gasteiger partial charge in [-0.2, -0.15) is 5.06 Å². The quantitative estimate of drug-likeness (QED) is 0.340. The fourth-order valence-corrected chi connectivity index (χ4v) is 1.51. The van der Waals surface area contributed by atoms with E-state index >= 15 is 0 Å². The lowest BCUT2D eigenvalue weighted by Gasteiger charge is -2.19. The third-order valence-corrected chi connectivity index (χ3v) is 2.69. The zero-order chi connectivity index (χ0) is 15.9. The minimum atomic E-state index is -0.0707. The molecule has 0 aliphatic carbocycles. The molecule has 21 heavy (non-hydrogen) atoms. The van der Waals surface area contributed by atoms with Crippen LogP contribution in [0, 0.1) is 0 Å². The van der Waals surface area contributed by atoms with Gasteiger partial charge < -0.3 is 24.9 Å². The molecule has 0 aromatic heterocycles. The molecule has 0 radical (unpaired) electrons. The van der Waals surface area contributed by atoms with E-state index < -0.39 is 0 Å². The lowest BCUT2D eigenvalue weighted by atomic mass is 10.3. The first-order chi connectivity index (χ1) is 10.1. The number of amides is 2. The summed E-state index contributed by atoms with van der Waals surface area (Å²) in [5.74, 6) is -0.141. The van der Waals surface area contributed by atoms with Crippen LogP contribution in [0.4, 0.5) is 0 Å². The molecule has 0 aromatic carbocycles. The number of methoxy groups -OCH3 is 2. The lowest BCUT2D eigenvalue weighted by molar-refractivity contribution is -0.144.